The molecule has 0 bridgehead atoms. The number of hydrogen-bond acceptors (Lipinski definition) is 3. The Morgan fingerprint density at radius 3 is 2.63 bits per heavy atom. The summed E-state index contributed by atoms with van der Waals surface area (Å²) in [5.74, 6) is 0.870. The van der Waals surface area contributed by atoms with Crippen LogP contribution in [0.1, 0.15) is 25.3 Å². The Hall–Kier alpha value is -1.61. The van der Waals surface area contributed by atoms with E-state index in [4.69, 9.17) is 0 Å². The smallest absolute Gasteiger partial charge is 0.191 e. The van der Waals surface area contributed by atoms with E-state index in [1.165, 1.54) is 18.4 Å². The average Bonchev–Trinajstić information content (AvgIpc) is 3.38. The number of nitrogens with zero attached hydrogens (tertiary/aromatic N) is 4. The SMILES string of the molecule is CN=C(NCCc1ccc(-n2cccn2)cc1)NCC(C)N(C)C1CC1.I. The summed E-state index contributed by atoms with van der Waals surface area (Å²) in [5, 5.41) is 11.1. The van der Waals surface area contributed by atoms with Crippen molar-refractivity contribution in [2.75, 3.05) is 27.2 Å². The van der Waals surface area contributed by atoms with Crippen LogP contribution in [-0.4, -0.2) is 59.9 Å². The maximum absolute atomic E-state index is 4.32. The Labute approximate surface area is 179 Å². The van der Waals surface area contributed by atoms with Crippen molar-refractivity contribution < 1.29 is 0 Å². The van der Waals surface area contributed by atoms with Crippen molar-refractivity contribution in [3.8, 4) is 5.69 Å². The largest absolute Gasteiger partial charge is 0.356 e. The van der Waals surface area contributed by atoms with Crippen LogP contribution in [0.5, 0.6) is 0 Å². The molecule has 0 saturated heterocycles. The van der Waals surface area contributed by atoms with Gasteiger partial charge in [-0.25, -0.2) is 4.68 Å². The Kier molecular flexibility index (Phi) is 8.56. The Balaban J connectivity index is 0.00000261. The monoisotopic (exact) mass is 482 g/mol. The van der Waals surface area contributed by atoms with Crippen LogP contribution in [0.25, 0.3) is 5.69 Å². The van der Waals surface area contributed by atoms with Gasteiger partial charge in [0.25, 0.3) is 0 Å². The van der Waals surface area contributed by atoms with Gasteiger partial charge >= 0.3 is 0 Å². The van der Waals surface area contributed by atoms with Crippen molar-refractivity contribution in [3.63, 3.8) is 0 Å². The van der Waals surface area contributed by atoms with E-state index < -0.39 is 0 Å². The van der Waals surface area contributed by atoms with Crippen molar-refractivity contribution in [2.45, 2.75) is 38.3 Å². The average molecular weight is 482 g/mol. The molecule has 3 rings (SSSR count). The second-order valence-corrected chi connectivity index (χ2v) is 6.99. The number of halogens is 1. The lowest BCUT2D eigenvalue weighted by Crippen LogP contribution is -2.45. The zero-order valence-corrected chi connectivity index (χ0v) is 18.8. The van der Waals surface area contributed by atoms with Crippen LogP contribution in [0.15, 0.2) is 47.7 Å². The fourth-order valence-electron chi connectivity index (χ4n) is 3.01. The highest BCUT2D eigenvalue weighted by molar-refractivity contribution is 14.0. The lowest BCUT2D eigenvalue weighted by atomic mass is 10.1. The van der Waals surface area contributed by atoms with E-state index in [-0.39, 0.29) is 24.0 Å². The summed E-state index contributed by atoms with van der Waals surface area (Å²) >= 11 is 0. The molecule has 148 valence electrons. The fourth-order valence-corrected chi connectivity index (χ4v) is 3.01. The highest BCUT2D eigenvalue weighted by atomic mass is 127. The summed E-state index contributed by atoms with van der Waals surface area (Å²) < 4.78 is 1.87. The third kappa shape index (κ3) is 6.49. The van der Waals surface area contributed by atoms with Gasteiger partial charge in [-0.15, -0.1) is 24.0 Å². The molecule has 2 N–H and O–H groups in total. The van der Waals surface area contributed by atoms with E-state index in [1.54, 1.807) is 6.20 Å². The first-order valence-corrected chi connectivity index (χ1v) is 9.43. The van der Waals surface area contributed by atoms with Gasteiger partial charge in [0, 0.05) is 44.6 Å². The predicted octanol–water partition coefficient (Wildman–Crippen LogP) is 2.68. The molecule has 1 aliphatic rings. The van der Waals surface area contributed by atoms with Gasteiger partial charge < -0.3 is 10.6 Å². The van der Waals surface area contributed by atoms with Crippen LogP contribution in [-0.2, 0) is 6.42 Å². The molecule has 0 aliphatic heterocycles. The summed E-state index contributed by atoms with van der Waals surface area (Å²) in [4.78, 5) is 6.78. The molecule has 1 heterocycles. The van der Waals surface area contributed by atoms with Gasteiger partial charge in [-0.3, -0.25) is 9.89 Å². The van der Waals surface area contributed by atoms with Crippen LogP contribution in [0.2, 0.25) is 0 Å². The third-order valence-electron chi connectivity index (χ3n) is 5.02. The number of aliphatic imine (C=N–C) groups is 1. The molecule has 1 aliphatic carbocycles. The van der Waals surface area contributed by atoms with Crippen molar-refractivity contribution in [2.24, 2.45) is 4.99 Å². The van der Waals surface area contributed by atoms with Crippen LogP contribution in [0.4, 0.5) is 0 Å². The van der Waals surface area contributed by atoms with Gasteiger partial charge in [0.05, 0.1) is 5.69 Å². The van der Waals surface area contributed by atoms with Crippen molar-refractivity contribution in [3.05, 3.63) is 48.3 Å². The first-order valence-electron chi connectivity index (χ1n) is 9.43. The first kappa shape index (κ1) is 21.7. The molecule has 0 radical (unpaired) electrons. The fraction of sp³-hybridized carbons (Fsp3) is 0.500. The second-order valence-electron chi connectivity index (χ2n) is 6.99. The highest BCUT2D eigenvalue weighted by Crippen LogP contribution is 2.26. The number of rotatable bonds is 8. The van der Waals surface area contributed by atoms with Gasteiger partial charge in [0.2, 0.25) is 0 Å². The molecule has 6 nitrogen and oxygen atoms in total. The molecule has 1 unspecified atom stereocenters. The van der Waals surface area contributed by atoms with E-state index >= 15 is 0 Å². The van der Waals surface area contributed by atoms with E-state index in [9.17, 15) is 0 Å². The van der Waals surface area contributed by atoms with Gasteiger partial charge in [0.1, 0.15) is 0 Å². The van der Waals surface area contributed by atoms with E-state index in [0.29, 0.717) is 6.04 Å². The van der Waals surface area contributed by atoms with Gasteiger partial charge in [-0.2, -0.15) is 5.10 Å². The van der Waals surface area contributed by atoms with Gasteiger partial charge in [-0.05, 0) is 57.0 Å². The number of nitrogens with one attached hydrogen (secondary N) is 2. The quantitative estimate of drug-likeness (QED) is 0.345. The van der Waals surface area contributed by atoms with Gasteiger partial charge in [0.15, 0.2) is 5.96 Å². The summed E-state index contributed by atoms with van der Waals surface area (Å²) in [7, 11) is 4.04. The maximum Gasteiger partial charge on any atom is 0.191 e. The minimum Gasteiger partial charge on any atom is -0.356 e. The van der Waals surface area contributed by atoms with E-state index in [2.05, 4.69) is 63.9 Å². The Morgan fingerprint density at radius 1 is 1.30 bits per heavy atom. The van der Waals surface area contributed by atoms with Crippen molar-refractivity contribution in [1.29, 1.82) is 0 Å². The molecule has 0 amide bonds. The van der Waals surface area contributed by atoms with Crippen LogP contribution in [0, 0.1) is 0 Å². The van der Waals surface area contributed by atoms with Crippen molar-refractivity contribution in [1.82, 2.24) is 25.3 Å². The molecule has 2 aromatic rings. The van der Waals surface area contributed by atoms with Crippen LogP contribution in [0.3, 0.4) is 0 Å². The summed E-state index contributed by atoms with van der Waals surface area (Å²) in [6.45, 7) is 4.03. The molecule has 1 fully saturated rings. The third-order valence-corrected chi connectivity index (χ3v) is 5.02. The number of benzene rings is 1. The Bertz CT molecular complexity index is 694. The standard InChI is InChI=1S/C20H30N6.HI/c1-16(25(3)18-9-10-18)15-23-20(21-2)22-13-11-17-5-7-19(8-6-17)26-14-4-12-24-26;/h4-8,12,14,16,18H,9-11,13,15H2,1-3H3,(H2,21,22,23);1H. The molecule has 1 atom stereocenters. The van der Waals surface area contributed by atoms with Gasteiger partial charge in [-0.1, -0.05) is 12.1 Å². The minimum atomic E-state index is 0. The van der Waals surface area contributed by atoms with Crippen molar-refractivity contribution >= 4 is 29.9 Å². The van der Waals surface area contributed by atoms with Crippen LogP contribution < -0.4 is 10.6 Å². The first-order chi connectivity index (χ1) is 12.7. The number of guanidine groups is 1. The molecular formula is C20H31IN6. The Morgan fingerprint density at radius 2 is 2.04 bits per heavy atom. The zero-order valence-electron chi connectivity index (χ0n) is 16.4. The number of hydrogen-bond donors (Lipinski definition) is 2. The summed E-state index contributed by atoms with van der Waals surface area (Å²) in [5.41, 5.74) is 2.38. The molecule has 1 aromatic heterocycles. The van der Waals surface area contributed by atoms with E-state index in [1.807, 2.05) is 24.0 Å². The highest BCUT2D eigenvalue weighted by Gasteiger charge is 2.28. The second kappa shape index (κ2) is 10.7. The molecule has 1 saturated carbocycles. The molecular weight excluding hydrogens is 451 g/mol. The number of aromatic nitrogens is 2. The molecule has 1 aromatic carbocycles. The zero-order chi connectivity index (χ0) is 18.4. The molecule has 0 spiro atoms. The summed E-state index contributed by atoms with van der Waals surface area (Å²) in [6, 6.07) is 11.7. The summed E-state index contributed by atoms with van der Waals surface area (Å²) in [6.07, 6.45) is 7.38. The van der Waals surface area contributed by atoms with E-state index in [0.717, 1.165) is 37.2 Å². The minimum absolute atomic E-state index is 0. The lowest BCUT2D eigenvalue weighted by Gasteiger charge is -2.25. The predicted molar refractivity (Wildman–Crippen MR) is 122 cm³/mol. The maximum atomic E-state index is 4.32. The molecule has 27 heavy (non-hydrogen) atoms. The normalized spacial score (nSPS) is 15.3. The van der Waals surface area contributed by atoms with Crippen LogP contribution >= 0.6 is 24.0 Å². The molecule has 7 heteroatoms. The topological polar surface area (TPSA) is 57.5 Å². The number of likely N-dealkylation sites (N-methyl/N-ethyl adjacent to an activating group) is 1. The lowest BCUT2D eigenvalue weighted by molar-refractivity contribution is 0.247.